The molecule has 0 aliphatic rings. The first-order valence-corrected chi connectivity index (χ1v) is 8.69. The molecule has 0 N–H and O–H groups in total. The van der Waals surface area contributed by atoms with Crippen LogP contribution < -0.4 is 0 Å². The lowest BCUT2D eigenvalue weighted by Crippen LogP contribution is -1.96. The van der Waals surface area contributed by atoms with E-state index in [0.717, 1.165) is 6.61 Å². The summed E-state index contributed by atoms with van der Waals surface area (Å²) in [6.45, 7) is 5.13. The molecule has 1 nitrogen and oxygen atoms in total. The van der Waals surface area contributed by atoms with Gasteiger partial charge in [0.2, 0.25) is 0 Å². The fourth-order valence-electron chi connectivity index (χ4n) is 0.333. The van der Waals surface area contributed by atoms with Crippen molar-refractivity contribution in [3.63, 3.8) is 0 Å². The Labute approximate surface area is 74.9 Å². The normalized spacial score (nSPS) is 8.25. The van der Waals surface area contributed by atoms with E-state index in [1.54, 1.807) is 7.11 Å². The number of halogens is 2. The van der Waals surface area contributed by atoms with Crippen molar-refractivity contribution in [1.29, 1.82) is 0 Å². The second kappa shape index (κ2) is 11.2. The number of rotatable bonds is 2. The van der Waals surface area contributed by atoms with E-state index in [1.807, 2.05) is 0 Å². The third-order valence-electron chi connectivity index (χ3n) is 0.500. The zero-order chi connectivity index (χ0) is 6.99. The van der Waals surface area contributed by atoms with Crippen molar-refractivity contribution >= 4 is 37.2 Å². The Balaban J connectivity index is 0. The highest BCUT2D eigenvalue weighted by Gasteiger charge is 1.85. The Morgan fingerprint density at radius 2 is 1.75 bits per heavy atom. The number of ether oxygens (including phenoxy) is 1. The van der Waals surface area contributed by atoms with Crippen molar-refractivity contribution < 1.29 is 4.74 Å². The van der Waals surface area contributed by atoms with Gasteiger partial charge in [-0.3, -0.25) is 0 Å². The van der Waals surface area contributed by atoms with Gasteiger partial charge in [0.1, 0.15) is 0 Å². The molecule has 3 heteroatoms. The van der Waals surface area contributed by atoms with Gasteiger partial charge in [0.15, 0.2) is 0 Å². The Morgan fingerprint density at radius 3 is 1.75 bits per heavy atom. The molecule has 0 aromatic rings. The smallest absolute Gasteiger partial charge is 0.0485 e. The summed E-state index contributed by atoms with van der Waals surface area (Å²) in [5.74, 6) is 0.676. The summed E-state index contributed by atoms with van der Waals surface area (Å²) in [5.41, 5.74) is 0. The topological polar surface area (TPSA) is 9.23 Å². The van der Waals surface area contributed by atoms with Crippen LogP contribution in [0.1, 0.15) is 13.8 Å². The Hall–Kier alpha value is 1.42. The monoisotopic (exact) mass is 342 g/mol. The molecule has 0 radical (unpaired) electrons. The van der Waals surface area contributed by atoms with E-state index >= 15 is 0 Å². The molecule has 52 valence electrons. The predicted octanol–water partition coefficient (Wildman–Crippen LogP) is 3.06. The van der Waals surface area contributed by atoms with Crippen LogP contribution in [-0.2, 0) is 4.74 Å². The first-order chi connectivity index (χ1) is 3.77. The molecule has 0 atom stereocenters. The maximum atomic E-state index is 4.80. The van der Waals surface area contributed by atoms with E-state index < -0.39 is 0 Å². The largest absolute Gasteiger partial charge is 0.384 e. The van der Waals surface area contributed by atoms with E-state index in [1.165, 1.54) is 0 Å². The van der Waals surface area contributed by atoms with E-state index in [-0.39, 0.29) is 0 Å². The van der Waals surface area contributed by atoms with E-state index in [9.17, 15) is 0 Å². The first-order valence-electron chi connectivity index (χ1n) is 2.40. The summed E-state index contributed by atoms with van der Waals surface area (Å²) < 4.78 is 4.80. The second-order valence-corrected chi connectivity index (χ2v) is 1.85. The summed E-state index contributed by atoms with van der Waals surface area (Å²) in [4.78, 5) is 0. The van der Waals surface area contributed by atoms with E-state index in [2.05, 4.69) is 51.1 Å². The Kier molecular flexibility index (Phi) is 17.1. The van der Waals surface area contributed by atoms with Crippen molar-refractivity contribution in [3.8, 4) is 0 Å². The second-order valence-electron chi connectivity index (χ2n) is 1.85. The SMILES string of the molecule is COCC(C)C.II. The van der Waals surface area contributed by atoms with E-state index in [4.69, 9.17) is 4.74 Å². The van der Waals surface area contributed by atoms with Gasteiger partial charge in [0.05, 0.1) is 0 Å². The lowest BCUT2D eigenvalue weighted by molar-refractivity contribution is 0.167. The molecule has 0 fully saturated rings. The molecular weight excluding hydrogens is 330 g/mol. The maximum absolute atomic E-state index is 4.80. The van der Waals surface area contributed by atoms with Gasteiger partial charge < -0.3 is 4.74 Å². The maximum Gasteiger partial charge on any atom is 0.0485 e. The van der Waals surface area contributed by atoms with Crippen LogP contribution in [0.3, 0.4) is 0 Å². The van der Waals surface area contributed by atoms with Crippen LogP contribution in [0.4, 0.5) is 0 Å². The fraction of sp³-hybridized carbons (Fsp3) is 1.00. The van der Waals surface area contributed by atoms with Crippen molar-refractivity contribution in [2.45, 2.75) is 13.8 Å². The van der Waals surface area contributed by atoms with Crippen LogP contribution in [0.25, 0.3) is 0 Å². The van der Waals surface area contributed by atoms with Crippen molar-refractivity contribution in [2.75, 3.05) is 13.7 Å². The predicted molar refractivity (Wildman–Crippen MR) is 54.8 cm³/mol. The highest BCUT2D eigenvalue weighted by molar-refractivity contribution is 15.0. The fourth-order valence-corrected chi connectivity index (χ4v) is 0.333. The third kappa shape index (κ3) is 15.7. The standard InChI is InChI=1S/C5H12O.I2/c1-5(2)4-6-3;1-2/h5H,4H2,1-3H3;. The summed E-state index contributed by atoms with van der Waals surface area (Å²) >= 11 is 4.24. The molecule has 0 bridgehead atoms. The molecule has 0 unspecified atom stereocenters. The Morgan fingerprint density at radius 1 is 1.38 bits per heavy atom. The Bertz CT molecular complexity index is 31.6. The molecule has 0 heterocycles. The third-order valence-corrected chi connectivity index (χ3v) is 0.500. The molecule has 0 aromatic heterocycles. The summed E-state index contributed by atoms with van der Waals surface area (Å²) in [5, 5.41) is 0. The molecule has 0 rings (SSSR count). The van der Waals surface area contributed by atoms with Gasteiger partial charge in [-0.15, -0.1) is 0 Å². The molecule has 0 saturated carbocycles. The van der Waals surface area contributed by atoms with Crippen LogP contribution in [0.15, 0.2) is 0 Å². The minimum Gasteiger partial charge on any atom is -0.384 e. The first kappa shape index (κ1) is 12.1. The van der Waals surface area contributed by atoms with Crippen LogP contribution in [0.2, 0.25) is 0 Å². The molecule has 0 saturated heterocycles. The zero-order valence-electron chi connectivity index (χ0n) is 5.45. The molecule has 0 spiro atoms. The summed E-state index contributed by atoms with van der Waals surface area (Å²) in [6.07, 6.45) is 0. The molecular formula is C5H12I2O. The summed E-state index contributed by atoms with van der Waals surface area (Å²) in [6, 6.07) is 0. The number of hydrogen-bond donors (Lipinski definition) is 0. The van der Waals surface area contributed by atoms with Gasteiger partial charge in [-0.2, -0.15) is 0 Å². The number of methoxy groups -OCH3 is 1. The minimum atomic E-state index is 0.676. The van der Waals surface area contributed by atoms with Gasteiger partial charge >= 0.3 is 0 Å². The van der Waals surface area contributed by atoms with Crippen molar-refractivity contribution in [2.24, 2.45) is 5.92 Å². The summed E-state index contributed by atoms with van der Waals surface area (Å²) in [7, 11) is 1.72. The van der Waals surface area contributed by atoms with Crippen molar-refractivity contribution in [3.05, 3.63) is 0 Å². The van der Waals surface area contributed by atoms with Crippen LogP contribution in [0.5, 0.6) is 0 Å². The van der Waals surface area contributed by atoms with Gasteiger partial charge in [0, 0.05) is 50.9 Å². The number of hydrogen-bond acceptors (Lipinski definition) is 1. The zero-order valence-corrected chi connectivity index (χ0v) is 9.76. The highest BCUT2D eigenvalue weighted by atomic mass is 128. The highest BCUT2D eigenvalue weighted by Crippen LogP contribution is 1.89. The lowest BCUT2D eigenvalue weighted by Gasteiger charge is -1.97. The quantitative estimate of drug-likeness (QED) is 0.701. The van der Waals surface area contributed by atoms with Gasteiger partial charge in [-0.05, 0) is 5.92 Å². The average molecular weight is 342 g/mol. The lowest BCUT2D eigenvalue weighted by atomic mass is 10.2. The van der Waals surface area contributed by atoms with Crippen LogP contribution in [0, 0.1) is 5.92 Å². The molecule has 0 aliphatic heterocycles. The molecule has 8 heavy (non-hydrogen) atoms. The van der Waals surface area contributed by atoms with Gasteiger partial charge in [0.25, 0.3) is 0 Å². The van der Waals surface area contributed by atoms with E-state index in [0.29, 0.717) is 5.92 Å². The molecule has 0 aromatic carbocycles. The molecule has 0 amide bonds. The van der Waals surface area contributed by atoms with Gasteiger partial charge in [-0.25, -0.2) is 0 Å². The van der Waals surface area contributed by atoms with Crippen LogP contribution >= 0.6 is 37.2 Å². The average Bonchev–Trinajstić information content (AvgIpc) is 1.72. The van der Waals surface area contributed by atoms with Gasteiger partial charge in [-0.1, -0.05) is 13.8 Å². The molecule has 0 aliphatic carbocycles. The van der Waals surface area contributed by atoms with Crippen LogP contribution in [-0.4, -0.2) is 13.7 Å². The minimum absolute atomic E-state index is 0.676. The van der Waals surface area contributed by atoms with Crippen molar-refractivity contribution in [1.82, 2.24) is 0 Å².